The number of hydrogen-bond donors (Lipinski definition) is 1. The molecule has 128 valence electrons. The number of oxazole rings is 1. The second-order valence-electron chi connectivity index (χ2n) is 5.37. The van der Waals surface area contributed by atoms with Gasteiger partial charge in [-0.25, -0.2) is 13.8 Å². The number of halogens is 2. The van der Waals surface area contributed by atoms with E-state index in [0.717, 1.165) is 29.4 Å². The second kappa shape index (κ2) is 6.80. The SMILES string of the molecule is CCc1oc(C)nc1-c1ccc(NC(=O)c2c(F)cncc2F)cc1. The first kappa shape index (κ1) is 16.8. The summed E-state index contributed by atoms with van der Waals surface area (Å²) in [5, 5.41) is 2.46. The Kier molecular flexibility index (Phi) is 4.56. The zero-order valence-corrected chi connectivity index (χ0v) is 13.6. The predicted octanol–water partition coefficient (Wildman–Crippen LogP) is 4.14. The Balaban J connectivity index is 1.82. The van der Waals surface area contributed by atoms with Crippen LogP contribution in [-0.2, 0) is 6.42 Å². The van der Waals surface area contributed by atoms with E-state index in [9.17, 15) is 13.6 Å². The lowest BCUT2D eigenvalue weighted by molar-refractivity contribution is 0.101. The maximum absolute atomic E-state index is 13.6. The average Bonchev–Trinajstić information content (AvgIpc) is 2.96. The van der Waals surface area contributed by atoms with Crippen molar-refractivity contribution in [2.45, 2.75) is 20.3 Å². The van der Waals surface area contributed by atoms with Gasteiger partial charge in [-0.3, -0.25) is 9.78 Å². The third-order valence-electron chi connectivity index (χ3n) is 3.62. The van der Waals surface area contributed by atoms with Crippen LogP contribution in [0.2, 0.25) is 0 Å². The van der Waals surface area contributed by atoms with Gasteiger partial charge in [-0.1, -0.05) is 19.1 Å². The first-order chi connectivity index (χ1) is 12.0. The van der Waals surface area contributed by atoms with Crippen molar-refractivity contribution in [3.05, 3.63) is 65.5 Å². The van der Waals surface area contributed by atoms with Crippen molar-refractivity contribution in [2.24, 2.45) is 0 Å². The topological polar surface area (TPSA) is 68.0 Å². The Hall–Kier alpha value is -3.09. The summed E-state index contributed by atoms with van der Waals surface area (Å²) in [6.45, 7) is 3.74. The van der Waals surface area contributed by atoms with E-state index in [1.54, 1.807) is 31.2 Å². The highest BCUT2D eigenvalue weighted by atomic mass is 19.1. The molecule has 2 heterocycles. The van der Waals surface area contributed by atoms with Crippen LogP contribution in [0, 0.1) is 18.6 Å². The van der Waals surface area contributed by atoms with Crippen LogP contribution < -0.4 is 5.32 Å². The Morgan fingerprint density at radius 2 is 1.80 bits per heavy atom. The quantitative estimate of drug-likeness (QED) is 0.773. The minimum absolute atomic E-state index is 0.405. The van der Waals surface area contributed by atoms with Crippen molar-refractivity contribution in [3.63, 3.8) is 0 Å². The number of rotatable bonds is 4. The van der Waals surface area contributed by atoms with Gasteiger partial charge >= 0.3 is 0 Å². The molecule has 0 spiro atoms. The summed E-state index contributed by atoms with van der Waals surface area (Å²) in [5.41, 5.74) is 1.30. The van der Waals surface area contributed by atoms with Gasteiger partial charge in [0.25, 0.3) is 5.91 Å². The van der Waals surface area contributed by atoms with Gasteiger partial charge in [0, 0.05) is 24.6 Å². The molecular formula is C18H15F2N3O2. The van der Waals surface area contributed by atoms with E-state index in [4.69, 9.17) is 4.42 Å². The van der Waals surface area contributed by atoms with Crippen LogP contribution in [0.5, 0.6) is 0 Å². The van der Waals surface area contributed by atoms with Gasteiger partial charge in [-0.05, 0) is 12.1 Å². The number of carbonyl (C=O) groups excluding carboxylic acids is 1. The number of aryl methyl sites for hydroxylation is 2. The highest BCUT2D eigenvalue weighted by Gasteiger charge is 2.18. The lowest BCUT2D eigenvalue weighted by Crippen LogP contribution is -2.16. The maximum Gasteiger partial charge on any atom is 0.261 e. The van der Waals surface area contributed by atoms with Crippen LogP contribution in [0.1, 0.15) is 28.9 Å². The minimum atomic E-state index is -1.01. The molecule has 0 fully saturated rings. The summed E-state index contributed by atoms with van der Waals surface area (Å²) in [6.07, 6.45) is 2.29. The maximum atomic E-state index is 13.6. The number of aromatic nitrogens is 2. The number of nitrogens with zero attached hydrogens (tertiary/aromatic N) is 2. The molecule has 25 heavy (non-hydrogen) atoms. The summed E-state index contributed by atoms with van der Waals surface area (Å²) in [7, 11) is 0. The summed E-state index contributed by atoms with van der Waals surface area (Å²) < 4.78 is 32.7. The summed E-state index contributed by atoms with van der Waals surface area (Å²) in [4.78, 5) is 19.8. The Bertz CT molecular complexity index is 900. The number of pyridine rings is 1. The zero-order valence-electron chi connectivity index (χ0n) is 13.6. The van der Waals surface area contributed by atoms with Crippen LogP contribution in [0.15, 0.2) is 41.1 Å². The van der Waals surface area contributed by atoms with E-state index in [2.05, 4.69) is 15.3 Å². The van der Waals surface area contributed by atoms with E-state index in [1.165, 1.54) is 0 Å². The predicted molar refractivity (Wildman–Crippen MR) is 88.2 cm³/mol. The fourth-order valence-corrected chi connectivity index (χ4v) is 2.47. The largest absolute Gasteiger partial charge is 0.445 e. The van der Waals surface area contributed by atoms with Crippen molar-refractivity contribution in [1.29, 1.82) is 0 Å². The smallest absolute Gasteiger partial charge is 0.261 e. The highest BCUT2D eigenvalue weighted by Crippen LogP contribution is 2.26. The Morgan fingerprint density at radius 1 is 1.16 bits per heavy atom. The van der Waals surface area contributed by atoms with Crippen molar-refractivity contribution in [1.82, 2.24) is 9.97 Å². The van der Waals surface area contributed by atoms with Gasteiger partial charge in [0.2, 0.25) is 0 Å². The lowest BCUT2D eigenvalue weighted by Gasteiger charge is -2.07. The molecule has 3 rings (SSSR count). The Labute approximate surface area is 142 Å². The standard InChI is InChI=1S/C18H15F2N3O2/c1-3-15-17(22-10(2)25-15)11-4-6-12(7-5-11)23-18(24)16-13(19)8-21-9-14(16)20/h4-9H,3H2,1-2H3,(H,23,24). The van der Waals surface area contributed by atoms with Gasteiger partial charge in [-0.15, -0.1) is 0 Å². The van der Waals surface area contributed by atoms with Crippen LogP contribution in [-0.4, -0.2) is 15.9 Å². The van der Waals surface area contributed by atoms with Crippen molar-refractivity contribution < 1.29 is 18.0 Å². The normalized spacial score (nSPS) is 10.7. The molecular weight excluding hydrogens is 328 g/mol. The molecule has 1 aromatic carbocycles. The van der Waals surface area contributed by atoms with Crippen LogP contribution in [0.25, 0.3) is 11.3 Å². The summed E-state index contributed by atoms with van der Waals surface area (Å²) >= 11 is 0. The van der Waals surface area contributed by atoms with Crippen LogP contribution in [0.4, 0.5) is 14.5 Å². The molecule has 0 saturated carbocycles. The molecule has 5 nitrogen and oxygen atoms in total. The van der Waals surface area contributed by atoms with Crippen LogP contribution >= 0.6 is 0 Å². The monoisotopic (exact) mass is 343 g/mol. The average molecular weight is 343 g/mol. The third-order valence-corrected chi connectivity index (χ3v) is 3.62. The molecule has 0 unspecified atom stereocenters. The van der Waals surface area contributed by atoms with E-state index in [0.29, 0.717) is 18.0 Å². The zero-order chi connectivity index (χ0) is 18.0. The molecule has 0 aliphatic rings. The van der Waals surface area contributed by atoms with Crippen molar-refractivity contribution in [3.8, 4) is 11.3 Å². The van der Waals surface area contributed by atoms with Crippen molar-refractivity contribution >= 4 is 11.6 Å². The van der Waals surface area contributed by atoms with Gasteiger partial charge in [0.05, 0.1) is 12.4 Å². The number of nitrogens with one attached hydrogen (secondary N) is 1. The van der Waals surface area contributed by atoms with Gasteiger partial charge < -0.3 is 9.73 Å². The number of carbonyl (C=O) groups is 1. The molecule has 0 radical (unpaired) electrons. The van der Waals surface area contributed by atoms with Gasteiger partial charge in [0.1, 0.15) is 17.0 Å². The van der Waals surface area contributed by atoms with E-state index in [-0.39, 0.29) is 0 Å². The molecule has 0 atom stereocenters. The molecule has 0 aliphatic heterocycles. The molecule has 0 saturated heterocycles. The minimum Gasteiger partial charge on any atom is -0.445 e. The second-order valence-corrected chi connectivity index (χ2v) is 5.37. The van der Waals surface area contributed by atoms with Crippen LogP contribution in [0.3, 0.4) is 0 Å². The number of amides is 1. The fraction of sp³-hybridized carbons (Fsp3) is 0.167. The lowest BCUT2D eigenvalue weighted by atomic mass is 10.1. The number of anilines is 1. The van der Waals surface area contributed by atoms with E-state index < -0.39 is 23.1 Å². The third kappa shape index (κ3) is 3.40. The van der Waals surface area contributed by atoms with E-state index in [1.807, 2.05) is 6.92 Å². The first-order valence-electron chi connectivity index (χ1n) is 7.66. The van der Waals surface area contributed by atoms with Crippen molar-refractivity contribution in [2.75, 3.05) is 5.32 Å². The van der Waals surface area contributed by atoms with E-state index >= 15 is 0 Å². The molecule has 2 aromatic heterocycles. The summed E-state index contributed by atoms with van der Waals surface area (Å²) in [6, 6.07) is 6.78. The molecule has 0 bridgehead atoms. The molecule has 1 amide bonds. The first-order valence-corrected chi connectivity index (χ1v) is 7.66. The molecule has 3 aromatic rings. The fourth-order valence-electron chi connectivity index (χ4n) is 2.47. The Morgan fingerprint density at radius 3 is 2.40 bits per heavy atom. The highest BCUT2D eigenvalue weighted by molar-refractivity contribution is 6.04. The number of hydrogen-bond acceptors (Lipinski definition) is 4. The molecule has 0 aliphatic carbocycles. The van der Waals surface area contributed by atoms with Gasteiger partial charge in [0.15, 0.2) is 17.5 Å². The molecule has 7 heteroatoms. The number of benzene rings is 1. The molecule has 1 N–H and O–H groups in total. The van der Waals surface area contributed by atoms with Gasteiger partial charge in [-0.2, -0.15) is 0 Å². The summed E-state index contributed by atoms with van der Waals surface area (Å²) in [5.74, 6) is -1.56.